The molecule has 1 atom stereocenters. The van der Waals surface area contributed by atoms with E-state index in [1.54, 1.807) is 24.3 Å². The number of rotatable bonds is 14. The van der Waals surface area contributed by atoms with Crippen molar-refractivity contribution in [1.82, 2.24) is 29.9 Å². The predicted octanol–water partition coefficient (Wildman–Crippen LogP) is 5.92. The zero-order valence-electron chi connectivity index (χ0n) is 34.0. The fourth-order valence-corrected chi connectivity index (χ4v) is 9.19. The number of piperidine rings is 2. The standard InChI is InChI=1S/C45H54N8O6/c1-3-31-23-38-32(24-37(31)48-42(55)36-10-4-7-28(2)47-36)26-52(50-38)33-13-11-29(12-14-33)25-51-20-17-30(18-21-51)27-59-22-6-19-46-35-9-5-8-34-41(35)45(58)53(44(34)57)39-15-16-40(54)49-43(39)56/h4-5,7-10,23-24,26,29-30,33,39,46H,3,6,11-22,25,27H2,1-2H3,(H,48,55)(H,49,54,56). The van der Waals surface area contributed by atoms with Crippen LogP contribution in [0, 0.1) is 18.8 Å². The molecule has 1 unspecified atom stereocenters. The van der Waals surface area contributed by atoms with Gasteiger partial charge in [0.25, 0.3) is 17.7 Å². The Morgan fingerprint density at radius 2 is 1.71 bits per heavy atom. The average Bonchev–Trinajstić information content (AvgIpc) is 3.77. The maximum Gasteiger partial charge on any atom is 0.274 e. The number of imide groups is 2. The van der Waals surface area contributed by atoms with Crippen LogP contribution < -0.4 is 16.0 Å². The minimum absolute atomic E-state index is 0.0871. The molecular weight excluding hydrogens is 749 g/mol. The summed E-state index contributed by atoms with van der Waals surface area (Å²) in [6.45, 7) is 9.22. The van der Waals surface area contributed by atoms with E-state index in [1.165, 1.54) is 12.8 Å². The molecule has 14 heteroatoms. The Hall–Kier alpha value is -5.47. The highest BCUT2D eigenvalue weighted by Crippen LogP contribution is 2.35. The monoisotopic (exact) mass is 802 g/mol. The molecule has 3 aliphatic heterocycles. The van der Waals surface area contributed by atoms with Gasteiger partial charge in [-0.1, -0.05) is 19.1 Å². The highest BCUT2D eigenvalue weighted by molar-refractivity contribution is 6.25. The Kier molecular flexibility index (Phi) is 12.2. The summed E-state index contributed by atoms with van der Waals surface area (Å²) in [7, 11) is 0. The average molecular weight is 803 g/mol. The molecule has 5 amide bonds. The molecule has 0 spiro atoms. The summed E-state index contributed by atoms with van der Waals surface area (Å²) in [5.41, 5.74) is 5.17. The first-order valence-corrected chi connectivity index (χ1v) is 21.3. The van der Waals surface area contributed by atoms with Gasteiger partial charge in [0.1, 0.15) is 11.7 Å². The highest BCUT2D eigenvalue weighted by atomic mass is 16.5. The lowest BCUT2D eigenvalue weighted by atomic mass is 9.85. The quantitative estimate of drug-likeness (QED) is 0.103. The smallest absolute Gasteiger partial charge is 0.274 e. The lowest BCUT2D eigenvalue weighted by Crippen LogP contribution is -2.54. The van der Waals surface area contributed by atoms with Crippen molar-refractivity contribution in [2.75, 3.05) is 50.0 Å². The van der Waals surface area contributed by atoms with Crippen molar-refractivity contribution in [3.05, 3.63) is 82.8 Å². The summed E-state index contributed by atoms with van der Waals surface area (Å²) in [5.74, 6) is -0.991. The molecule has 2 saturated heterocycles. The molecule has 4 aliphatic rings. The van der Waals surface area contributed by atoms with Gasteiger partial charge in [-0.25, -0.2) is 4.98 Å². The SMILES string of the molecule is CCc1cc2nn(C3CCC(CN4CCC(COCCCNc5cccc6c5C(=O)N(C5CCC(=O)NC5=O)C6=O)CC4)CC3)cc2cc1NC(=O)c1cccc(C)n1. The van der Waals surface area contributed by atoms with Crippen LogP contribution in [0.3, 0.4) is 0 Å². The number of hydrogen-bond donors (Lipinski definition) is 3. The fraction of sp³-hybridized carbons (Fsp3) is 0.489. The lowest BCUT2D eigenvalue weighted by molar-refractivity contribution is -0.136. The van der Waals surface area contributed by atoms with Gasteiger partial charge in [0.2, 0.25) is 11.8 Å². The highest BCUT2D eigenvalue weighted by Gasteiger charge is 2.45. The lowest BCUT2D eigenvalue weighted by Gasteiger charge is -2.36. The summed E-state index contributed by atoms with van der Waals surface area (Å²) in [4.78, 5) is 71.5. The third-order valence-corrected chi connectivity index (χ3v) is 12.5. The summed E-state index contributed by atoms with van der Waals surface area (Å²) in [6, 6.07) is 14.1. The van der Waals surface area contributed by atoms with Crippen LogP contribution in [-0.2, 0) is 20.7 Å². The number of likely N-dealkylation sites (tertiary alicyclic amines) is 1. The Balaban J connectivity index is 0.733. The maximum atomic E-state index is 13.3. The molecule has 0 bridgehead atoms. The largest absolute Gasteiger partial charge is 0.384 e. The van der Waals surface area contributed by atoms with Gasteiger partial charge >= 0.3 is 0 Å². The van der Waals surface area contributed by atoms with Crippen molar-refractivity contribution < 1.29 is 28.7 Å². The van der Waals surface area contributed by atoms with E-state index in [0.29, 0.717) is 42.4 Å². The number of hydrogen-bond acceptors (Lipinski definition) is 10. The van der Waals surface area contributed by atoms with Crippen molar-refractivity contribution in [3.63, 3.8) is 0 Å². The second-order valence-corrected chi connectivity index (χ2v) is 16.6. The van der Waals surface area contributed by atoms with E-state index in [2.05, 4.69) is 55.8 Å². The number of carbonyl (C=O) groups is 5. The van der Waals surface area contributed by atoms with Gasteiger partial charge in [0.05, 0.1) is 22.7 Å². The predicted molar refractivity (Wildman–Crippen MR) is 223 cm³/mol. The molecule has 59 heavy (non-hydrogen) atoms. The minimum atomic E-state index is -0.985. The van der Waals surface area contributed by atoms with E-state index in [9.17, 15) is 24.0 Å². The third-order valence-electron chi connectivity index (χ3n) is 12.5. The van der Waals surface area contributed by atoms with Gasteiger partial charge in [0.15, 0.2) is 0 Å². The van der Waals surface area contributed by atoms with Crippen LogP contribution in [0.4, 0.5) is 11.4 Å². The van der Waals surface area contributed by atoms with Crippen LogP contribution in [0.1, 0.15) is 113 Å². The summed E-state index contributed by atoms with van der Waals surface area (Å²) < 4.78 is 8.25. The number of fused-ring (bicyclic) bond motifs is 2. The zero-order valence-corrected chi connectivity index (χ0v) is 34.0. The number of amides is 5. The third kappa shape index (κ3) is 8.93. The number of benzene rings is 2. The molecule has 310 valence electrons. The van der Waals surface area contributed by atoms with Gasteiger partial charge in [0, 0.05) is 61.4 Å². The Bertz CT molecular complexity index is 2240. The molecule has 14 nitrogen and oxygen atoms in total. The number of ether oxygens (including phenoxy) is 1. The number of anilines is 2. The number of nitrogens with zero attached hydrogens (tertiary/aromatic N) is 5. The first-order chi connectivity index (χ1) is 28.6. The maximum absolute atomic E-state index is 13.3. The molecule has 8 rings (SSSR count). The molecule has 5 heterocycles. The van der Waals surface area contributed by atoms with Gasteiger partial charge in [-0.15, -0.1) is 0 Å². The second kappa shape index (κ2) is 17.8. The number of aromatic nitrogens is 3. The van der Waals surface area contributed by atoms with Gasteiger partial charge in [-0.05, 0) is 132 Å². The summed E-state index contributed by atoms with van der Waals surface area (Å²) >= 11 is 0. The van der Waals surface area contributed by atoms with E-state index in [-0.39, 0.29) is 29.9 Å². The van der Waals surface area contributed by atoms with Crippen LogP contribution >= 0.6 is 0 Å². The zero-order chi connectivity index (χ0) is 41.0. The molecular formula is C45H54N8O6. The van der Waals surface area contributed by atoms with Gasteiger partial charge in [-0.3, -0.25) is 38.9 Å². The Morgan fingerprint density at radius 1 is 0.915 bits per heavy atom. The van der Waals surface area contributed by atoms with Crippen LogP contribution in [0.2, 0.25) is 0 Å². The summed E-state index contributed by atoms with van der Waals surface area (Å²) in [6.07, 6.45) is 10.8. The minimum Gasteiger partial charge on any atom is -0.384 e. The molecule has 3 N–H and O–H groups in total. The van der Waals surface area contributed by atoms with Gasteiger partial charge in [-0.2, -0.15) is 5.10 Å². The molecule has 0 radical (unpaired) electrons. The molecule has 1 aliphatic carbocycles. The number of aryl methyl sites for hydroxylation is 2. The van der Waals surface area contributed by atoms with E-state index in [1.807, 2.05) is 19.1 Å². The number of carbonyl (C=O) groups excluding carboxylic acids is 5. The van der Waals surface area contributed by atoms with Crippen LogP contribution in [-0.4, -0.2) is 99.5 Å². The molecule has 4 aromatic rings. The fourth-order valence-electron chi connectivity index (χ4n) is 9.19. The normalized spacial score (nSPS) is 21.5. The van der Waals surface area contributed by atoms with Crippen molar-refractivity contribution in [2.45, 2.75) is 90.1 Å². The van der Waals surface area contributed by atoms with E-state index >= 15 is 0 Å². The Morgan fingerprint density at radius 3 is 2.47 bits per heavy atom. The molecule has 2 aromatic heterocycles. The van der Waals surface area contributed by atoms with Crippen molar-refractivity contribution in [1.29, 1.82) is 0 Å². The number of nitrogens with one attached hydrogen (secondary N) is 3. The number of pyridine rings is 1. The Labute approximate surface area is 344 Å². The van der Waals surface area contributed by atoms with E-state index < -0.39 is 29.7 Å². The summed E-state index contributed by atoms with van der Waals surface area (Å²) in [5, 5.41) is 14.7. The van der Waals surface area contributed by atoms with E-state index in [4.69, 9.17) is 9.84 Å². The molecule has 1 saturated carbocycles. The van der Waals surface area contributed by atoms with Crippen LogP contribution in [0.5, 0.6) is 0 Å². The first-order valence-electron chi connectivity index (χ1n) is 21.3. The van der Waals surface area contributed by atoms with Crippen molar-refractivity contribution in [2.24, 2.45) is 11.8 Å². The van der Waals surface area contributed by atoms with E-state index in [0.717, 1.165) is 97.5 Å². The second-order valence-electron chi connectivity index (χ2n) is 16.6. The van der Waals surface area contributed by atoms with Crippen molar-refractivity contribution in [3.8, 4) is 0 Å². The van der Waals surface area contributed by atoms with Crippen LogP contribution in [0.15, 0.2) is 54.7 Å². The van der Waals surface area contributed by atoms with Crippen molar-refractivity contribution >= 4 is 51.8 Å². The topological polar surface area (TPSA) is 168 Å². The van der Waals surface area contributed by atoms with Gasteiger partial charge < -0.3 is 20.3 Å². The van der Waals surface area contributed by atoms with Crippen LogP contribution in [0.25, 0.3) is 10.9 Å². The molecule has 2 aromatic carbocycles. The molecule has 3 fully saturated rings. The first kappa shape index (κ1) is 40.3.